The van der Waals surface area contributed by atoms with Crippen LogP contribution >= 0.6 is 0 Å². The molecule has 0 spiro atoms. The highest BCUT2D eigenvalue weighted by molar-refractivity contribution is 7.92. The van der Waals surface area contributed by atoms with Crippen LogP contribution in [0.15, 0.2) is 24.3 Å². The molecule has 0 bridgehead atoms. The lowest BCUT2D eigenvalue weighted by atomic mass is 10.1. The van der Waals surface area contributed by atoms with Gasteiger partial charge in [-0.2, -0.15) is 0 Å². The molecule has 8 heteroatoms. The fourth-order valence-corrected chi connectivity index (χ4v) is 2.95. The number of amides is 1. The van der Waals surface area contributed by atoms with Gasteiger partial charge in [0.1, 0.15) is 0 Å². The second kappa shape index (κ2) is 8.46. The molecular weight excluding hydrogens is 330 g/mol. The molecule has 1 amide bonds. The van der Waals surface area contributed by atoms with E-state index in [1.807, 2.05) is 0 Å². The Morgan fingerprint density at radius 2 is 1.88 bits per heavy atom. The molecule has 1 aromatic carbocycles. The Morgan fingerprint density at radius 3 is 2.46 bits per heavy atom. The highest BCUT2D eigenvalue weighted by atomic mass is 32.2. The molecule has 0 saturated carbocycles. The van der Waals surface area contributed by atoms with E-state index in [1.165, 1.54) is 11.4 Å². The predicted octanol–water partition coefficient (Wildman–Crippen LogP) is 0.0733. The van der Waals surface area contributed by atoms with Gasteiger partial charge in [-0.3, -0.25) is 14.0 Å². The molecule has 1 heterocycles. The molecule has 134 valence electrons. The molecule has 0 radical (unpaired) electrons. The summed E-state index contributed by atoms with van der Waals surface area (Å²) in [7, 11) is -1.77. The van der Waals surface area contributed by atoms with Crippen LogP contribution in [0, 0.1) is 0 Å². The first-order valence-corrected chi connectivity index (χ1v) is 9.81. The Hall–Kier alpha value is -1.64. The molecule has 7 nitrogen and oxygen atoms in total. The van der Waals surface area contributed by atoms with Crippen LogP contribution in [0.1, 0.15) is 5.56 Å². The monoisotopic (exact) mass is 355 g/mol. The number of morpholine rings is 1. The van der Waals surface area contributed by atoms with Crippen LogP contribution < -0.4 is 9.62 Å². The lowest BCUT2D eigenvalue weighted by molar-refractivity contribution is -0.120. The van der Waals surface area contributed by atoms with Crippen molar-refractivity contribution in [2.24, 2.45) is 0 Å². The lowest BCUT2D eigenvalue weighted by Gasteiger charge is -2.26. The molecule has 24 heavy (non-hydrogen) atoms. The van der Waals surface area contributed by atoms with E-state index < -0.39 is 10.0 Å². The molecule has 0 atom stereocenters. The standard InChI is InChI=1S/C16H25N3O4S/c1-18(24(2,21)22)15-5-3-14(4-6-15)13-16(20)17-7-8-19-9-11-23-12-10-19/h3-6H,7-13H2,1-2H3,(H,17,20). The van der Waals surface area contributed by atoms with Gasteiger partial charge in [-0.1, -0.05) is 12.1 Å². The number of ether oxygens (including phenoxy) is 1. The third-order valence-corrected chi connectivity index (χ3v) is 5.22. The van der Waals surface area contributed by atoms with Crippen LogP contribution in [0.3, 0.4) is 0 Å². The van der Waals surface area contributed by atoms with Crippen LogP contribution in [0.25, 0.3) is 0 Å². The molecular formula is C16H25N3O4S. The third kappa shape index (κ3) is 5.77. The minimum absolute atomic E-state index is 0.0347. The fraction of sp³-hybridized carbons (Fsp3) is 0.562. The second-order valence-corrected chi connectivity index (χ2v) is 7.89. The van der Waals surface area contributed by atoms with Crippen molar-refractivity contribution in [3.05, 3.63) is 29.8 Å². The molecule has 1 saturated heterocycles. The first-order valence-electron chi connectivity index (χ1n) is 7.96. The third-order valence-electron chi connectivity index (χ3n) is 4.02. The zero-order chi connectivity index (χ0) is 17.6. The normalized spacial score (nSPS) is 15.9. The molecule has 0 aliphatic carbocycles. The second-order valence-electron chi connectivity index (χ2n) is 5.88. The van der Waals surface area contributed by atoms with Gasteiger partial charge in [0.15, 0.2) is 0 Å². The van der Waals surface area contributed by atoms with E-state index in [0.717, 1.165) is 44.7 Å². The van der Waals surface area contributed by atoms with Gasteiger partial charge in [-0.15, -0.1) is 0 Å². The maximum atomic E-state index is 12.0. The highest BCUT2D eigenvalue weighted by Gasteiger charge is 2.12. The lowest BCUT2D eigenvalue weighted by Crippen LogP contribution is -2.41. The van der Waals surface area contributed by atoms with Crippen LogP contribution in [0.2, 0.25) is 0 Å². The summed E-state index contributed by atoms with van der Waals surface area (Å²) in [4.78, 5) is 14.2. The molecule has 1 aliphatic heterocycles. The average Bonchev–Trinajstić information content (AvgIpc) is 2.55. The van der Waals surface area contributed by atoms with Gasteiger partial charge < -0.3 is 10.1 Å². The van der Waals surface area contributed by atoms with Gasteiger partial charge >= 0.3 is 0 Å². The number of hydrogen-bond acceptors (Lipinski definition) is 5. The molecule has 1 aromatic rings. The highest BCUT2D eigenvalue weighted by Crippen LogP contribution is 2.16. The topological polar surface area (TPSA) is 79.0 Å². The van der Waals surface area contributed by atoms with E-state index in [0.29, 0.717) is 12.2 Å². The van der Waals surface area contributed by atoms with Gasteiger partial charge in [0.05, 0.1) is 31.6 Å². The number of benzene rings is 1. The first-order chi connectivity index (χ1) is 11.4. The van der Waals surface area contributed by atoms with Gasteiger partial charge in [-0.05, 0) is 17.7 Å². The van der Waals surface area contributed by atoms with Crippen molar-refractivity contribution >= 4 is 21.6 Å². The predicted molar refractivity (Wildman–Crippen MR) is 93.7 cm³/mol. The molecule has 1 N–H and O–H groups in total. The van der Waals surface area contributed by atoms with Crippen molar-refractivity contribution in [2.75, 3.05) is 57.0 Å². The van der Waals surface area contributed by atoms with Crippen molar-refractivity contribution in [2.45, 2.75) is 6.42 Å². The van der Waals surface area contributed by atoms with E-state index in [4.69, 9.17) is 4.74 Å². The largest absolute Gasteiger partial charge is 0.379 e. The minimum atomic E-state index is -3.27. The summed E-state index contributed by atoms with van der Waals surface area (Å²) in [6.07, 6.45) is 1.44. The van der Waals surface area contributed by atoms with Crippen LogP contribution in [0.4, 0.5) is 5.69 Å². The van der Waals surface area contributed by atoms with Crippen molar-refractivity contribution in [3.63, 3.8) is 0 Å². The summed E-state index contributed by atoms with van der Waals surface area (Å²) in [6.45, 7) is 4.77. The van der Waals surface area contributed by atoms with E-state index in [2.05, 4.69) is 10.2 Å². The first kappa shape index (κ1) is 18.7. The summed E-state index contributed by atoms with van der Waals surface area (Å²) in [5, 5.41) is 2.91. The Kier molecular flexibility index (Phi) is 6.59. The Balaban J connectivity index is 1.77. The number of sulfonamides is 1. The minimum Gasteiger partial charge on any atom is -0.379 e. The number of nitrogens with zero attached hydrogens (tertiary/aromatic N) is 2. The van der Waals surface area contributed by atoms with Gasteiger partial charge in [0.2, 0.25) is 15.9 Å². The Bertz CT molecular complexity index is 640. The summed E-state index contributed by atoms with van der Waals surface area (Å²) in [5.41, 5.74) is 1.43. The molecule has 0 aromatic heterocycles. The van der Waals surface area contributed by atoms with Crippen molar-refractivity contribution in [1.82, 2.24) is 10.2 Å². The molecule has 1 fully saturated rings. The number of anilines is 1. The van der Waals surface area contributed by atoms with Crippen molar-refractivity contribution < 1.29 is 17.9 Å². The van der Waals surface area contributed by atoms with E-state index >= 15 is 0 Å². The molecule has 0 unspecified atom stereocenters. The summed E-state index contributed by atoms with van der Waals surface area (Å²) >= 11 is 0. The number of nitrogens with one attached hydrogen (secondary N) is 1. The summed E-state index contributed by atoms with van der Waals surface area (Å²) in [5.74, 6) is -0.0347. The average molecular weight is 355 g/mol. The SMILES string of the molecule is CN(c1ccc(CC(=O)NCCN2CCOCC2)cc1)S(C)(=O)=O. The van der Waals surface area contributed by atoms with Crippen LogP contribution in [-0.2, 0) is 26.0 Å². The smallest absolute Gasteiger partial charge is 0.231 e. The zero-order valence-corrected chi connectivity index (χ0v) is 15.0. The van der Waals surface area contributed by atoms with Gasteiger partial charge in [-0.25, -0.2) is 8.42 Å². The maximum Gasteiger partial charge on any atom is 0.231 e. The molecule has 2 rings (SSSR count). The van der Waals surface area contributed by atoms with Crippen LogP contribution in [-0.4, -0.2) is 71.9 Å². The zero-order valence-electron chi connectivity index (χ0n) is 14.2. The van der Waals surface area contributed by atoms with Gasteiger partial charge in [0.25, 0.3) is 0 Å². The number of rotatable bonds is 7. The molecule has 1 aliphatic rings. The Labute approximate surface area is 143 Å². The fourth-order valence-electron chi connectivity index (χ4n) is 2.44. The number of carbonyl (C=O) groups excluding carboxylic acids is 1. The maximum absolute atomic E-state index is 12.0. The number of hydrogen-bond donors (Lipinski definition) is 1. The van der Waals surface area contributed by atoms with E-state index in [1.54, 1.807) is 24.3 Å². The van der Waals surface area contributed by atoms with E-state index in [-0.39, 0.29) is 12.3 Å². The Morgan fingerprint density at radius 1 is 1.25 bits per heavy atom. The van der Waals surface area contributed by atoms with Crippen LogP contribution in [0.5, 0.6) is 0 Å². The van der Waals surface area contributed by atoms with Crippen molar-refractivity contribution in [3.8, 4) is 0 Å². The van der Waals surface area contributed by atoms with Crippen molar-refractivity contribution in [1.29, 1.82) is 0 Å². The summed E-state index contributed by atoms with van der Waals surface area (Å²) < 4.78 is 29.5. The summed E-state index contributed by atoms with van der Waals surface area (Å²) in [6, 6.07) is 6.96. The quantitative estimate of drug-likeness (QED) is 0.749. The number of carbonyl (C=O) groups is 1. The van der Waals surface area contributed by atoms with Gasteiger partial charge in [0, 0.05) is 33.2 Å². The van der Waals surface area contributed by atoms with E-state index in [9.17, 15) is 13.2 Å².